The summed E-state index contributed by atoms with van der Waals surface area (Å²) in [5.74, 6) is 0.476. The predicted molar refractivity (Wildman–Crippen MR) is 229 cm³/mol. The van der Waals surface area contributed by atoms with Gasteiger partial charge in [0.1, 0.15) is 11.2 Å². The first-order chi connectivity index (χ1) is 25.9. The lowest BCUT2D eigenvalue weighted by Crippen LogP contribution is -2.36. The van der Waals surface area contributed by atoms with Crippen molar-refractivity contribution in [1.82, 2.24) is 34.5 Å². The van der Waals surface area contributed by atoms with E-state index in [-0.39, 0.29) is 33.1 Å². The van der Waals surface area contributed by atoms with E-state index in [1.807, 2.05) is 62.2 Å². The smallest absolute Gasteiger partial charge is 0.410 e. The summed E-state index contributed by atoms with van der Waals surface area (Å²) < 4.78 is 14.7. The van der Waals surface area contributed by atoms with Crippen molar-refractivity contribution in [3.8, 4) is 20.9 Å². The van der Waals surface area contributed by atoms with Gasteiger partial charge in [-0.15, -0.1) is 22.7 Å². The number of H-pyrrole nitrogens is 1. The third kappa shape index (κ3) is 10.9. The van der Waals surface area contributed by atoms with Crippen LogP contribution in [-0.2, 0) is 14.3 Å². The topological polar surface area (TPSA) is 134 Å². The fraction of sp³-hybridized carbons (Fsp3) is 0.452. The quantitative estimate of drug-likeness (QED) is 0.160. The van der Waals surface area contributed by atoms with Gasteiger partial charge in [0.25, 0.3) is 0 Å². The summed E-state index contributed by atoms with van der Waals surface area (Å²) >= 11 is 3.62. The second-order valence-corrected chi connectivity index (χ2v) is 17.0. The number of hydrogen-bond donors (Lipinski definition) is 2. The summed E-state index contributed by atoms with van der Waals surface area (Å²) in [6.45, 7) is 13.1. The molecule has 7 heterocycles. The summed E-state index contributed by atoms with van der Waals surface area (Å²) in [6.07, 6.45) is 10.5. The molecule has 0 radical (unpaired) electrons. The molecular formula is C42H57N7O5S2. The standard InChI is InChI=1S/C29H27N5O2S2.C6H13NO2.C5H9NO.2CH4/c1-29(2,3)36-28(35)34-10-4-5-22(34)21-15-33-14-18(7-9-27(33)32-21)24-13-26-25(38-24)12-23(37-26)17-6-8-19-20(11-17)31-16-30-19;1-5(2)4-7-6(8)9-3;7-5-6-3-1-2-4-6;;/h6-9,11-16,22H,4-5,10H2,1-3H3,(H,30,31);5H,4H2,1-3H3,(H,7,8);5H,1-4H2;2*1H4. The Morgan fingerprint density at radius 3 is 2.27 bits per heavy atom. The van der Waals surface area contributed by atoms with Crippen molar-refractivity contribution in [2.24, 2.45) is 5.92 Å². The van der Waals surface area contributed by atoms with Gasteiger partial charge in [-0.05, 0) is 94.3 Å². The van der Waals surface area contributed by atoms with Crippen LogP contribution in [0.5, 0.6) is 0 Å². The Bertz CT molecular complexity index is 2180. The molecule has 0 spiro atoms. The van der Waals surface area contributed by atoms with Crippen molar-refractivity contribution in [1.29, 1.82) is 0 Å². The van der Waals surface area contributed by atoms with E-state index in [9.17, 15) is 14.4 Å². The van der Waals surface area contributed by atoms with Crippen LogP contribution in [0.25, 0.3) is 47.0 Å². The number of thiophene rings is 2. The average molecular weight is 804 g/mol. The Hall–Kier alpha value is -4.95. The normalized spacial score (nSPS) is 15.1. The molecule has 2 aliphatic rings. The van der Waals surface area contributed by atoms with Crippen molar-refractivity contribution in [3.05, 3.63) is 66.9 Å². The van der Waals surface area contributed by atoms with Crippen LogP contribution >= 0.6 is 22.7 Å². The lowest BCUT2D eigenvalue weighted by molar-refractivity contribution is -0.117. The molecule has 14 heteroatoms. The number of rotatable bonds is 6. The van der Waals surface area contributed by atoms with Crippen LogP contribution in [-0.4, -0.2) is 86.6 Å². The zero-order valence-electron chi connectivity index (χ0n) is 31.8. The third-order valence-electron chi connectivity index (χ3n) is 9.02. The second kappa shape index (κ2) is 19.3. The number of methoxy groups -OCH3 is 1. The van der Waals surface area contributed by atoms with Crippen LogP contribution in [0.4, 0.5) is 9.59 Å². The molecule has 1 atom stereocenters. The molecule has 2 aliphatic heterocycles. The summed E-state index contributed by atoms with van der Waals surface area (Å²) in [5, 5.41) is 2.57. The molecule has 302 valence electrons. The number of carbonyl (C=O) groups excluding carboxylic acids is 3. The highest BCUT2D eigenvalue weighted by molar-refractivity contribution is 7.31. The number of aromatic amines is 1. The van der Waals surface area contributed by atoms with Crippen LogP contribution < -0.4 is 5.32 Å². The Morgan fingerprint density at radius 2 is 1.64 bits per heavy atom. The molecule has 2 fully saturated rings. The molecule has 5 aromatic heterocycles. The number of fused-ring (bicyclic) bond motifs is 3. The Balaban J connectivity index is 0.000000325. The van der Waals surface area contributed by atoms with E-state index in [0.29, 0.717) is 19.0 Å². The summed E-state index contributed by atoms with van der Waals surface area (Å²) in [6, 6.07) is 15.1. The maximum Gasteiger partial charge on any atom is 0.410 e. The number of hydrogen-bond acceptors (Lipinski definition) is 9. The van der Waals surface area contributed by atoms with Gasteiger partial charge >= 0.3 is 12.2 Å². The molecule has 8 rings (SSSR count). The van der Waals surface area contributed by atoms with E-state index in [0.717, 1.165) is 60.3 Å². The maximum atomic E-state index is 12.8. The van der Waals surface area contributed by atoms with Gasteiger partial charge in [0.05, 0.1) is 36.2 Å². The highest BCUT2D eigenvalue weighted by Crippen LogP contribution is 2.42. The van der Waals surface area contributed by atoms with Crippen LogP contribution in [0.15, 0.2) is 61.2 Å². The van der Waals surface area contributed by atoms with E-state index >= 15 is 0 Å². The summed E-state index contributed by atoms with van der Waals surface area (Å²) in [5.41, 5.74) is 5.69. The van der Waals surface area contributed by atoms with Crippen LogP contribution in [0.1, 0.15) is 86.9 Å². The van der Waals surface area contributed by atoms with Crippen molar-refractivity contribution < 1.29 is 23.9 Å². The van der Waals surface area contributed by atoms with Crippen LogP contribution in [0, 0.1) is 5.92 Å². The third-order valence-corrected chi connectivity index (χ3v) is 11.4. The Kier molecular flexibility index (Phi) is 15.1. The molecule has 0 bridgehead atoms. The zero-order chi connectivity index (χ0) is 38.4. The summed E-state index contributed by atoms with van der Waals surface area (Å²) in [7, 11) is 1.36. The number of nitrogens with zero attached hydrogens (tertiary/aromatic N) is 5. The first kappa shape index (κ1) is 43.8. The molecule has 2 N–H and O–H groups in total. The van der Waals surface area contributed by atoms with Gasteiger partial charge in [0.15, 0.2) is 0 Å². The number of carbonyl (C=O) groups is 3. The number of aromatic nitrogens is 4. The Morgan fingerprint density at radius 1 is 0.964 bits per heavy atom. The van der Waals surface area contributed by atoms with E-state index < -0.39 is 5.60 Å². The first-order valence-electron chi connectivity index (χ1n) is 18.4. The molecule has 12 nitrogen and oxygen atoms in total. The van der Waals surface area contributed by atoms with Crippen molar-refractivity contribution in [3.63, 3.8) is 0 Å². The zero-order valence-corrected chi connectivity index (χ0v) is 33.4. The monoisotopic (exact) mass is 803 g/mol. The van der Waals surface area contributed by atoms with E-state index in [1.165, 1.54) is 44.7 Å². The predicted octanol–water partition coefficient (Wildman–Crippen LogP) is 10.4. The van der Waals surface area contributed by atoms with E-state index in [4.69, 9.17) is 9.72 Å². The van der Waals surface area contributed by atoms with Gasteiger partial charge in [-0.2, -0.15) is 0 Å². The fourth-order valence-corrected chi connectivity index (χ4v) is 8.73. The van der Waals surface area contributed by atoms with E-state index in [1.54, 1.807) is 11.2 Å². The molecule has 56 heavy (non-hydrogen) atoms. The fourth-order valence-electron chi connectivity index (χ4n) is 6.35. The minimum absolute atomic E-state index is 0. The number of likely N-dealkylation sites (tertiary alicyclic amines) is 2. The molecule has 0 saturated carbocycles. The molecule has 6 aromatic rings. The second-order valence-electron chi connectivity index (χ2n) is 14.9. The highest BCUT2D eigenvalue weighted by Gasteiger charge is 2.34. The number of pyridine rings is 1. The van der Waals surface area contributed by atoms with Crippen LogP contribution in [0.3, 0.4) is 0 Å². The van der Waals surface area contributed by atoms with Crippen molar-refractivity contribution in [2.75, 3.05) is 33.3 Å². The van der Waals surface area contributed by atoms with Gasteiger partial charge < -0.3 is 29.1 Å². The molecule has 2 saturated heterocycles. The van der Waals surface area contributed by atoms with Gasteiger partial charge in [-0.3, -0.25) is 9.69 Å². The number of imidazole rings is 2. The number of ether oxygens (including phenoxy) is 2. The first-order valence-corrected chi connectivity index (χ1v) is 20.0. The molecule has 3 amide bonds. The molecule has 0 aliphatic carbocycles. The number of alkyl carbamates (subject to hydrolysis) is 1. The molecule has 1 unspecified atom stereocenters. The molecular weight excluding hydrogens is 747 g/mol. The lowest BCUT2D eigenvalue weighted by atomic mass is 10.1. The SMILES string of the molecule is C.C.CC(C)(C)OC(=O)N1CCCC1c1cn2cc(-c3cc4sc(-c5ccc6nc[nH]c6c5)cc4s3)ccc2n1.COC(=O)NCC(C)C.O=CN1CCCC1. The van der Waals surface area contributed by atoms with E-state index in [2.05, 4.69) is 79.3 Å². The van der Waals surface area contributed by atoms with Crippen molar-refractivity contribution in [2.45, 2.75) is 86.8 Å². The van der Waals surface area contributed by atoms with Gasteiger partial charge in [0.2, 0.25) is 6.41 Å². The number of benzene rings is 1. The van der Waals surface area contributed by atoms with Gasteiger partial charge in [-0.25, -0.2) is 19.6 Å². The number of nitrogens with one attached hydrogen (secondary N) is 2. The maximum absolute atomic E-state index is 12.8. The average Bonchev–Trinajstić information content (AvgIpc) is 3.99. The van der Waals surface area contributed by atoms with Gasteiger partial charge in [-0.1, -0.05) is 34.8 Å². The van der Waals surface area contributed by atoms with Crippen LogP contribution in [0.2, 0.25) is 0 Å². The Labute approximate surface area is 338 Å². The minimum Gasteiger partial charge on any atom is -0.453 e. The lowest BCUT2D eigenvalue weighted by Gasteiger charge is -2.27. The largest absolute Gasteiger partial charge is 0.453 e. The highest BCUT2D eigenvalue weighted by atomic mass is 32.1. The van der Waals surface area contributed by atoms with Gasteiger partial charge in [0, 0.05) is 63.3 Å². The number of amides is 3. The van der Waals surface area contributed by atoms with Crippen molar-refractivity contribution >= 4 is 67.4 Å². The summed E-state index contributed by atoms with van der Waals surface area (Å²) in [4.78, 5) is 51.6. The minimum atomic E-state index is -0.513. The molecule has 1 aromatic carbocycles.